The standard InChI is InChI=1S/C19H35NO4/c1-17(21)24-18(16-20-14-10-7-11-15-20)12-8-5-3-4-6-9-13-19(22)23-2/h18H,3-16H2,1-2H3. The number of carbonyl (C=O) groups excluding carboxylic acids is 2. The molecule has 24 heavy (non-hydrogen) atoms. The zero-order valence-electron chi connectivity index (χ0n) is 15.6. The molecule has 0 bridgehead atoms. The Morgan fingerprint density at radius 2 is 1.58 bits per heavy atom. The second-order valence-corrected chi connectivity index (χ2v) is 6.83. The summed E-state index contributed by atoms with van der Waals surface area (Å²) < 4.78 is 10.1. The van der Waals surface area contributed by atoms with Gasteiger partial charge in [-0.25, -0.2) is 0 Å². The first-order valence-electron chi connectivity index (χ1n) is 9.58. The molecule has 0 aromatic carbocycles. The van der Waals surface area contributed by atoms with E-state index in [1.807, 2.05) is 0 Å². The van der Waals surface area contributed by atoms with E-state index in [2.05, 4.69) is 9.64 Å². The highest BCUT2D eigenvalue weighted by Gasteiger charge is 2.18. The number of methoxy groups -OCH3 is 1. The van der Waals surface area contributed by atoms with Crippen molar-refractivity contribution in [3.63, 3.8) is 0 Å². The summed E-state index contributed by atoms with van der Waals surface area (Å²) in [7, 11) is 1.44. The molecule has 0 aromatic rings. The second kappa shape index (κ2) is 13.2. The van der Waals surface area contributed by atoms with Crippen LogP contribution >= 0.6 is 0 Å². The fraction of sp³-hybridized carbons (Fsp3) is 0.895. The summed E-state index contributed by atoms with van der Waals surface area (Å²) >= 11 is 0. The van der Waals surface area contributed by atoms with Gasteiger partial charge in [-0.05, 0) is 45.2 Å². The molecule has 1 aliphatic heterocycles. The highest BCUT2D eigenvalue weighted by Crippen LogP contribution is 2.15. The molecule has 1 rings (SSSR count). The molecule has 1 unspecified atom stereocenters. The van der Waals surface area contributed by atoms with Gasteiger partial charge >= 0.3 is 11.9 Å². The molecule has 1 fully saturated rings. The number of unbranched alkanes of at least 4 members (excludes halogenated alkanes) is 5. The molecule has 1 heterocycles. The lowest BCUT2D eigenvalue weighted by Gasteiger charge is -2.30. The number of ether oxygens (including phenoxy) is 2. The molecule has 0 aliphatic carbocycles. The summed E-state index contributed by atoms with van der Waals surface area (Å²) in [5, 5.41) is 0. The summed E-state index contributed by atoms with van der Waals surface area (Å²) in [6.45, 7) is 4.67. The number of hydrogen-bond donors (Lipinski definition) is 0. The number of esters is 2. The van der Waals surface area contributed by atoms with E-state index in [0.29, 0.717) is 6.42 Å². The van der Waals surface area contributed by atoms with E-state index in [-0.39, 0.29) is 18.0 Å². The van der Waals surface area contributed by atoms with Crippen molar-refractivity contribution in [2.75, 3.05) is 26.7 Å². The van der Waals surface area contributed by atoms with E-state index in [4.69, 9.17) is 4.74 Å². The average Bonchev–Trinajstić information content (AvgIpc) is 2.57. The molecule has 1 saturated heterocycles. The molecule has 140 valence electrons. The third-order valence-corrected chi connectivity index (χ3v) is 4.63. The van der Waals surface area contributed by atoms with Gasteiger partial charge in [-0.3, -0.25) is 14.5 Å². The van der Waals surface area contributed by atoms with Crippen molar-refractivity contribution in [2.45, 2.75) is 83.7 Å². The number of carbonyl (C=O) groups is 2. The van der Waals surface area contributed by atoms with Crippen LogP contribution < -0.4 is 0 Å². The minimum atomic E-state index is -0.167. The normalized spacial score (nSPS) is 16.6. The Morgan fingerprint density at radius 1 is 0.958 bits per heavy atom. The van der Waals surface area contributed by atoms with Gasteiger partial charge in [0.25, 0.3) is 0 Å². The zero-order valence-corrected chi connectivity index (χ0v) is 15.6. The number of rotatable bonds is 12. The quantitative estimate of drug-likeness (QED) is 0.400. The van der Waals surface area contributed by atoms with Crippen molar-refractivity contribution in [3.8, 4) is 0 Å². The van der Waals surface area contributed by atoms with Crippen molar-refractivity contribution in [3.05, 3.63) is 0 Å². The Bertz CT molecular complexity index is 353. The van der Waals surface area contributed by atoms with Crippen LogP contribution in [0.3, 0.4) is 0 Å². The maximum absolute atomic E-state index is 11.3. The van der Waals surface area contributed by atoms with Crippen LogP contribution in [0.5, 0.6) is 0 Å². The van der Waals surface area contributed by atoms with Gasteiger partial charge < -0.3 is 9.47 Å². The van der Waals surface area contributed by atoms with Gasteiger partial charge in [-0.15, -0.1) is 0 Å². The van der Waals surface area contributed by atoms with E-state index in [1.165, 1.54) is 39.7 Å². The van der Waals surface area contributed by atoms with E-state index < -0.39 is 0 Å². The van der Waals surface area contributed by atoms with Crippen LogP contribution in [0, 0.1) is 0 Å². The fourth-order valence-electron chi connectivity index (χ4n) is 3.30. The van der Waals surface area contributed by atoms with Crippen molar-refractivity contribution in [1.29, 1.82) is 0 Å². The van der Waals surface area contributed by atoms with Crippen LogP contribution in [0.15, 0.2) is 0 Å². The van der Waals surface area contributed by atoms with E-state index in [9.17, 15) is 9.59 Å². The SMILES string of the molecule is COC(=O)CCCCCCCCC(CN1CCCCC1)OC(C)=O. The largest absolute Gasteiger partial charge is 0.469 e. The summed E-state index contributed by atoms with van der Waals surface area (Å²) in [5.74, 6) is -0.281. The first-order chi connectivity index (χ1) is 11.6. The van der Waals surface area contributed by atoms with Crippen LogP contribution in [-0.4, -0.2) is 49.7 Å². The molecule has 0 N–H and O–H groups in total. The van der Waals surface area contributed by atoms with E-state index >= 15 is 0 Å². The van der Waals surface area contributed by atoms with Crippen LogP contribution in [-0.2, 0) is 19.1 Å². The minimum absolute atomic E-state index is 0.0416. The van der Waals surface area contributed by atoms with Gasteiger partial charge in [0.05, 0.1) is 7.11 Å². The Labute approximate surface area is 147 Å². The van der Waals surface area contributed by atoms with Gasteiger partial charge in [0.1, 0.15) is 6.10 Å². The number of piperidine rings is 1. The summed E-state index contributed by atoms with van der Waals surface area (Å²) in [4.78, 5) is 24.7. The molecular weight excluding hydrogens is 306 g/mol. The Balaban J connectivity index is 2.08. The van der Waals surface area contributed by atoms with Crippen molar-refractivity contribution in [2.24, 2.45) is 0 Å². The third kappa shape index (κ3) is 10.6. The Morgan fingerprint density at radius 3 is 2.21 bits per heavy atom. The maximum Gasteiger partial charge on any atom is 0.305 e. The average molecular weight is 341 g/mol. The molecule has 0 spiro atoms. The van der Waals surface area contributed by atoms with Crippen LogP contribution in [0.1, 0.15) is 77.6 Å². The van der Waals surface area contributed by atoms with E-state index in [1.54, 1.807) is 0 Å². The fourth-order valence-corrected chi connectivity index (χ4v) is 3.30. The van der Waals surface area contributed by atoms with Crippen molar-refractivity contribution < 1.29 is 19.1 Å². The van der Waals surface area contributed by atoms with Gasteiger partial charge in [-0.1, -0.05) is 32.1 Å². The van der Waals surface area contributed by atoms with Gasteiger partial charge in [-0.2, -0.15) is 0 Å². The van der Waals surface area contributed by atoms with Crippen LogP contribution in [0.25, 0.3) is 0 Å². The Kier molecular flexibility index (Phi) is 11.5. The number of nitrogens with zero attached hydrogens (tertiary/aromatic N) is 1. The summed E-state index contributed by atoms with van der Waals surface area (Å²) in [5.41, 5.74) is 0. The monoisotopic (exact) mass is 341 g/mol. The molecule has 0 saturated carbocycles. The highest BCUT2D eigenvalue weighted by molar-refractivity contribution is 5.68. The molecule has 0 aromatic heterocycles. The van der Waals surface area contributed by atoms with E-state index in [0.717, 1.165) is 58.2 Å². The van der Waals surface area contributed by atoms with Gasteiger partial charge in [0, 0.05) is 19.9 Å². The summed E-state index contributed by atoms with van der Waals surface area (Å²) in [6.07, 6.45) is 12.0. The first-order valence-corrected chi connectivity index (χ1v) is 9.58. The minimum Gasteiger partial charge on any atom is -0.469 e. The first kappa shape index (κ1) is 20.9. The number of likely N-dealkylation sites (tertiary alicyclic amines) is 1. The molecule has 0 radical (unpaired) electrons. The summed E-state index contributed by atoms with van der Waals surface area (Å²) in [6, 6.07) is 0. The van der Waals surface area contributed by atoms with Gasteiger partial charge in [0.2, 0.25) is 0 Å². The maximum atomic E-state index is 11.3. The van der Waals surface area contributed by atoms with Crippen LogP contribution in [0.2, 0.25) is 0 Å². The van der Waals surface area contributed by atoms with Crippen LogP contribution in [0.4, 0.5) is 0 Å². The lowest BCUT2D eigenvalue weighted by Crippen LogP contribution is -2.38. The van der Waals surface area contributed by atoms with Crippen molar-refractivity contribution >= 4 is 11.9 Å². The smallest absolute Gasteiger partial charge is 0.305 e. The molecule has 0 amide bonds. The Hall–Kier alpha value is -1.10. The highest BCUT2D eigenvalue weighted by atomic mass is 16.5. The topological polar surface area (TPSA) is 55.8 Å². The molecule has 1 aliphatic rings. The molecule has 5 heteroatoms. The zero-order chi connectivity index (χ0) is 17.6. The van der Waals surface area contributed by atoms with Gasteiger partial charge in [0.15, 0.2) is 0 Å². The lowest BCUT2D eigenvalue weighted by molar-refractivity contribution is -0.147. The second-order valence-electron chi connectivity index (χ2n) is 6.83. The lowest BCUT2D eigenvalue weighted by atomic mass is 10.0. The molecule has 5 nitrogen and oxygen atoms in total. The predicted molar refractivity (Wildman–Crippen MR) is 94.8 cm³/mol. The third-order valence-electron chi connectivity index (χ3n) is 4.63. The van der Waals surface area contributed by atoms with Crippen molar-refractivity contribution in [1.82, 2.24) is 4.90 Å². The number of hydrogen-bond acceptors (Lipinski definition) is 5. The molecule has 1 atom stereocenters. The predicted octanol–water partition coefficient (Wildman–Crippen LogP) is 3.70. The molecular formula is C19H35NO4.